The molecule has 0 aromatic carbocycles. The summed E-state index contributed by atoms with van der Waals surface area (Å²) in [5.74, 6) is -0.223. The summed E-state index contributed by atoms with van der Waals surface area (Å²) in [5, 5.41) is 13.7. The van der Waals surface area contributed by atoms with Crippen molar-refractivity contribution in [3.05, 3.63) is 60.8 Å². The summed E-state index contributed by atoms with van der Waals surface area (Å²) in [6.07, 6.45) is 42.6. The molecule has 0 rings (SSSR count). The quantitative estimate of drug-likeness (QED) is 0.0290. The Bertz CT molecular complexity index is 1020. The second-order valence-corrected chi connectivity index (χ2v) is 16.0. The van der Waals surface area contributed by atoms with Crippen molar-refractivity contribution in [3.8, 4) is 0 Å². The molecular formula is C42H77N2O6P. The van der Waals surface area contributed by atoms with E-state index in [1.54, 1.807) is 6.08 Å². The van der Waals surface area contributed by atoms with Gasteiger partial charge in [-0.05, 0) is 64.2 Å². The lowest BCUT2D eigenvalue weighted by Gasteiger charge is -2.29. The summed E-state index contributed by atoms with van der Waals surface area (Å²) >= 11 is 0. The van der Waals surface area contributed by atoms with Crippen molar-refractivity contribution in [3.63, 3.8) is 0 Å². The van der Waals surface area contributed by atoms with E-state index in [0.717, 1.165) is 70.6 Å². The maximum atomic E-state index is 12.8. The van der Waals surface area contributed by atoms with Crippen LogP contribution in [-0.4, -0.2) is 68.5 Å². The number of nitrogens with one attached hydrogen (secondary N) is 1. The number of quaternary nitrogens is 1. The number of allylic oxidation sites excluding steroid dienone is 9. The first-order chi connectivity index (χ1) is 24.5. The number of unbranched alkanes of at least 4 members (excludes halogenated alkanes) is 14. The molecule has 0 aromatic heterocycles. The first-order valence-electron chi connectivity index (χ1n) is 20.2. The molecule has 296 valence electrons. The monoisotopic (exact) mass is 737 g/mol. The smallest absolute Gasteiger partial charge is 0.268 e. The summed E-state index contributed by atoms with van der Waals surface area (Å²) in [6.45, 7) is 4.46. The number of aliphatic hydroxyl groups excluding tert-OH is 1. The molecule has 3 unspecified atom stereocenters. The van der Waals surface area contributed by atoms with E-state index >= 15 is 0 Å². The Kier molecular flexibility index (Phi) is 32.8. The zero-order valence-corrected chi connectivity index (χ0v) is 34.2. The SMILES string of the molecule is CC/C=C\C/C=C\C/C=C\CCCCCCCCCC(=O)NC(COP(=O)([O-])OCC[N+](C)(C)C)C(O)/C=C/CC/C=C/CCCCCCCC. The van der Waals surface area contributed by atoms with Gasteiger partial charge in [-0.3, -0.25) is 9.36 Å². The Morgan fingerprint density at radius 2 is 1.22 bits per heavy atom. The molecule has 3 atom stereocenters. The van der Waals surface area contributed by atoms with Crippen LogP contribution in [0.25, 0.3) is 0 Å². The summed E-state index contributed by atoms with van der Waals surface area (Å²) in [5.41, 5.74) is 0. The van der Waals surface area contributed by atoms with Gasteiger partial charge in [0.2, 0.25) is 5.91 Å². The van der Waals surface area contributed by atoms with Crippen LogP contribution in [0.1, 0.15) is 149 Å². The zero-order valence-electron chi connectivity index (χ0n) is 33.3. The summed E-state index contributed by atoms with van der Waals surface area (Å²) in [4.78, 5) is 25.2. The van der Waals surface area contributed by atoms with Crippen molar-refractivity contribution in [2.75, 3.05) is 40.9 Å². The highest BCUT2D eigenvalue weighted by molar-refractivity contribution is 7.45. The van der Waals surface area contributed by atoms with Crippen molar-refractivity contribution < 1.29 is 32.9 Å². The molecule has 1 amide bonds. The van der Waals surface area contributed by atoms with Crippen molar-refractivity contribution in [2.45, 2.75) is 161 Å². The summed E-state index contributed by atoms with van der Waals surface area (Å²) in [6, 6.07) is -0.908. The van der Waals surface area contributed by atoms with E-state index in [0.29, 0.717) is 17.4 Å². The third-order valence-corrected chi connectivity index (χ3v) is 9.43. The molecule has 0 aliphatic rings. The Balaban J connectivity index is 4.54. The van der Waals surface area contributed by atoms with E-state index in [1.807, 2.05) is 27.2 Å². The number of hydrogen-bond donors (Lipinski definition) is 2. The first kappa shape index (κ1) is 49.2. The molecule has 0 aliphatic heterocycles. The average Bonchev–Trinajstić information content (AvgIpc) is 3.07. The topological polar surface area (TPSA) is 108 Å². The highest BCUT2D eigenvalue weighted by Gasteiger charge is 2.23. The van der Waals surface area contributed by atoms with Gasteiger partial charge in [0, 0.05) is 6.42 Å². The predicted molar refractivity (Wildman–Crippen MR) is 214 cm³/mol. The summed E-state index contributed by atoms with van der Waals surface area (Å²) in [7, 11) is 1.22. The fraction of sp³-hybridized carbons (Fsp3) is 0.738. The molecule has 0 heterocycles. The van der Waals surface area contributed by atoms with Crippen LogP contribution in [0.3, 0.4) is 0 Å². The predicted octanol–water partition coefficient (Wildman–Crippen LogP) is 10.1. The van der Waals surface area contributed by atoms with E-state index in [2.05, 4.69) is 67.8 Å². The summed E-state index contributed by atoms with van der Waals surface area (Å²) < 4.78 is 23.1. The van der Waals surface area contributed by atoms with Crippen LogP contribution in [0.2, 0.25) is 0 Å². The number of phosphoric acid groups is 1. The van der Waals surface area contributed by atoms with Crippen molar-refractivity contribution in [1.82, 2.24) is 5.32 Å². The van der Waals surface area contributed by atoms with Crippen LogP contribution < -0.4 is 10.2 Å². The number of amides is 1. The number of rotatable bonds is 35. The Morgan fingerprint density at radius 3 is 1.82 bits per heavy atom. The number of aliphatic hydroxyl groups is 1. The van der Waals surface area contributed by atoms with Gasteiger partial charge in [0.15, 0.2) is 0 Å². The van der Waals surface area contributed by atoms with Gasteiger partial charge in [-0.2, -0.15) is 0 Å². The van der Waals surface area contributed by atoms with Crippen LogP contribution >= 0.6 is 7.82 Å². The Morgan fingerprint density at radius 1 is 0.706 bits per heavy atom. The van der Waals surface area contributed by atoms with Crippen molar-refractivity contribution in [1.29, 1.82) is 0 Å². The molecule has 0 radical (unpaired) electrons. The molecule has 8 nitrogen and oxygen atoms in total. The van der Waals surface area contributed by atoms with Crippen LogP contribution in [0.5, 0.6) is 0 Å². The van der Waals surface area contributed by atoms with Gasteiger partial charge in [0.05, 0.1) is 39.9 Å². The average molecular weight is 737 g/mol. The maximum Gasteiger partial charge on any atom is 0.268 e. The lowest BCUT2D eigenvalue weighted by molar-refractivity contribution is -0.870. The van der Waals surface area contributed by atoms with Gasteiger partial charge >= 0.3 is 0 Å². The number of carbonyl (C=O) groups excluding carboxylic acids is 1. The molecule has 0 bridgehead atoms. The standard InChI is InChI=1S/C42H77N2O6P/c1-6-8-10-12-14-16-18-20-21-22-23-24-26-28-30-32-34-36-42(46)43-40(39-50-51(47,48)49-38-37-44(3,4)5)41(45)35-33-31-29-27-25-19-17-15-13-11-9-7-2/h8,10,14,16,20-21,25,27,33,35,40-41,45H,6-7,9,11-13,15,17-19,22-24,26,28-32,34,36-39H2,1-5H3,(H-,43,46,47,48)/b10-8-,16-14-,21-20-,27-25+,35-33+. The van der Waals surface area contributed by atoms with Gasteiger partial charge < -0.3 is 28.8 Å². The van der Waals surface area contributed by atoms with Crippen LogP contribution in [0.4, 0.5) is 0 Å². The molecule has 0 aromatic rings. The first-order valence-corrected chi connectivity index (χ1v) is 21.6. The van der Waals surface area contributed by atoms with E-state index in [9.17, 15) is 19.4 Å². The second kappa shape index (κ2) is 34.0. The molecule has 51 heavy (non-hydrogen) atoms. The van der Waals surface area contributed by atoms with Gasteiger partial charge in [0.1, 0.15) is 13.2 Å². The number of phosphoric ester groups is 1. The van der Waals surface area contributed by atoms with Gasteiger partial charge in [-0.25, -0.2) is 0 Å². The lowest BCUT2D eigenvalue weighted by Crippen LogP contribution is -2.45. The molecule has 0 saturated heterocycles. The fourth-order valence-electron chi connectivity index (χ4n) is 5.24. The second-order valence-electron chi connectivity index (χ2n) is 14.6. The molecule has 0 saturated carbocycles. The van der Waals surface area contributed by atoms with Gasteiger partial charge in [0.25, 0.3) is 7.82 Å². The maximum absolute atomic E-state index is 12.8. The third kappa shape index (κ3) is 36.4. The Labute approximate surface area is 313 Å². The van der Waals surface area contributed by atoms with Crippen molar-refractivity contribution >= 4 is 13.7 Å². The highest BCUT2D eigenvalue weighted by Crippen LogP contribution is 2.38. The van der Waals surface area contributed by atoms with E-state index in [-0.39, 0.29) is 12.5 Å². The third-order valence-electron chi connectivity index (χ3n) is 8.46. The molecular weight excluding hydrogens is 659 g/mol. The number of nitrogens with zero attached hydrogens (tertiary/aromatic N) is 1. The van der Waals surface area contributed by atoms with E-state index in [1.165, 1.54) is 57.8 Å². The molecule has 9 heteroatoms. The minimum Gasteiger partial charge on any atom is -0.756 e. The van der Waals surface area contributed by atoms with Crippen LogP contribution in [-0.2, 0) is 18.4 Å². The largest absolute Gasteiger partial charge is 0.756 e. The van der Waals surface area contributed by atoms with Gasteiger partial charge in [-0.1, -0.05) is 139 Å². The highest BCUT2D eigenvalue weighted by atomic mass is 31.2. The fourth-order valence-corrected chi connectivity index (χ4v) is 5.96. The molecule has 0 spiro atoms. The van der Waals surface area contributed by atoms with E-state index < -0.39 is 26.6 Å². The zero-order chi connectivity index (χ0) is 37.9. The van der Waals surface area contributed by atoms with Crippen LogP contribution in [0, 0.1) is 0 Å². The molecule has 0 aliphatic carbocycles. The number of carbonyl (C=O) groups is 1. The minimum atomic E-state index is -4.59. The van der Waals surface area contributed by atoms with Crippen LogP contribution in [0.15, 0.2) is 60.8 Å². The Hall–Kier alpha value is -1.80. The van der Waals surface area contributed by atoms with E-state index in [4.69, 9.17) is 9.05 Å². The van der Waals surface area contributed by atoms with Crippen molar-refractivity contribution in [2.24, 2.45) is 0 Å². The minimum absolute atomic E-state index is 0.0113. The number of hydrogen-bond acceptors (Lipinski definition) is 6. The normalized spacial score (nSPS) is 15.2. The van der Waals surface area contributed by atoms with Gasteiger partial charge in [-0.15, -0.1) is 0 Å². The number of likely N-dealkylation sites (N-methyl/N-ethyl adjacent to an activating group) is 1. The molecule has 2 N–H and O–H groups in total. The molecule has 0 fully saturated rings. The lowest BCUT2D eigenvalue weighted by atomic mass is 10.1.